The minimum Gasteiger partial charge on any atom is -0.497 e. The van der Waals surface area contributed by atoms with Gasteiger partial charge in [0.05, 0.1) is 19.8 Å². The molecule has 2 heterocycles. The van der Waals surface area contributed by atoms with Gasteiger partial charge in [0.25, 0.3) is 0 Å². The molecule has 0 aliphatic rings. The highest BCUT2D eigenvalue weighted by Gasteiger charge is 2.14. The average Bonchev–Trinajstić information content (AvgIpc) is 3.11. The van der Waals surface area contributed by atoms with E-state index in [1.54, 1.807) is 14.2 Å². The molecule has 0 aliphatic heterocycles. The monoisotopic (exact) mass is 345 g/mol. The van der Waals surface area contributed by atoms with Gasteiger partial charge in [-0.3, -0.25) is 4.40 Å². The van der Waals surface area contributed by atoms with Crippen molar-refractivity contribution in [3.63, 3.8) is 0 Å². The second-order valence-electron chi connectivity index (χ2n) is 6.10. The maximum atomic E-state index is 5.52. The fourth-order valence-corrected chi connectivity index (χ4v) is 3.03. The van der Waals surface area contributed by atoms with Crippen molar-refractivity contribution in [2.75, 3.05) is 14.2 Å². The standard InChI is InChI=1S/C21H19N3O2/c1-14-4-10-19(26-3)18(12-14)21-23-22-20-11-7-16(13-24(20)21)15-5-8-17(25-2)9-6-15/h4-13H,1-3H3. The Morgan fingerprint density at radius 1 is 0.808 bits per heavy atom. The van der Waals surface area contributed by atoms with Crippen LogP contribution in [0.2, 0.25) is 0 Å². The smallest absolute Gasteiger partial charge is 0.172 e. The first-order chi connectivity index (χ1) is 12.7. The third-order valence-corrected chi connectivity index (χ3v) is 4.42. The predicted molar refractivity (Wildman–Crippen MR) is 102 cm³/mol. The quantitative estimate of drug-likeness (QED) is 0.550. The van der Waals surface area contributed by atoms with Gasteiger partial charge in [-0.25, -0.2) is 0 Å². The molecule has 2 aromatic heterocycles. The molecular formula is C21H19N3O2. The summed E-state index contributed by atoms with van der Waals surface area (Å²) in [6, 6.07) is 18.0. The molecule has 0 radical (unpaired) electrons. The highest BCUT2D eigenvalue weighted by molar-refractivity contribution is 5.70. The number of fused-ring (bicyclic) bond motifs is 1. The number of hydrogen-bond acceptors (Lipinski definition) is 4. The predicted octanol–water partition coefficient (Wildman–Crippen LogP) is 4.39. The van der Waals surface area contributed by atoms with Gasteiger partial charge in [0.15, 0.2) is 11.5 Å². The zero-order chi connectivity index (χ0) is 18.1. The number of aromatic nitrogens is 3. The van der Waals surface area contributed by atoms with Crippen molar-refractivity contribution in [3.05, 3.63) is 66.4 Å². The number of hydrogen-bond donors (Lipinski definition) is 0. The molecule has 26 heavy (non-hydrogen) atoms. The van der Waals surface area contributed by atoms with Gasteiger partial charge in [0.2, 0.25) is 0 Å². The Hall–Kier alpha value is -3.34. The highest BCUT2D eigenvalue weighted by atomic mass is 16.5. The van der Waals surface area contributed by atoms with Gasteiger partial charge in [-0.15, -0.1) is 10.2 Å². The summed E-state index contributed by atoms with van der Waals surface area (Å²) in [6.07, 6.45) is 2.05. The van der Waals surface area contributed by atoms with Gasteiger partial charge >= 0.3 is 0 Å². The lowest BCUT2D eigenvalue weighted by Gasteiger charge is -2.09. The molecule has 4 rings (SSSR count). The van der Waals surface area contributed by atoms with Gasteiger partial charge in [-0.05, 0) is 54.4 Å². The molecule has 0 spiro atoms. The van der Waals surface area contributed by atoms with E-state index in [1.165, 1.54) is 0 Å². The van der Waals surface area contributed by atoms with E-state index in [0.717, 1.165) is 45.2 Å². The fourth-order valence-electron chi connectivity index (χ4n) is 3.03. The zero-order valence-corrected chi connectivity index (χ0v) is 14.9. The number of aryl methyl sites for hydroxylation is 1. The molecule has 0 unspecified atom stereocenters. The molecule has 0 fully saturated rings. The topological polar surface area (TPSA) is 48.7 Å². The van der Waals surface area contributed by atoms with Crippen molar-refractivity contribution in [2.45, 2.75) is 6.92 Å². The summed E-state index contributed by atoms with van der Waals surface area (Å²) in [5, 5.41) is 8.69. The Kier molecular flexibility index (Phi) is 4.05. The number of benzene rings is 2. The van der Waals surface area contributed by atoms with Crippen LogP contribution < -0.4 is 9.47 Å². The highest BCUT2D eigenvalue weighted by Crippen LogP contribution is 2.31. The number of pyridine rings is 1. The van der Waals surface area contributed by atoms with E-state index >= 15 is 0 Å². The number of methoxy groups -OCH3 is 2. The Labute approximate surface area is 151 Å². The fraction of sp³-hybridized carbons (Fsp3) is 0.143. The third kappa shape index (κ3) is 2.77. The molecule has 0 saturated heterocycles. The van der Waals surface area contributed by atoms with E-state index in [2.05, 4.69) is 23.2 Å². The molecule has 0 aliphatic carbocycles. The van der Waals surface area contributed by atoms with Crippen molar-refractivity contribution in [1.29, 1.82) is 0 Å². The first kappa shape index (κ1) is 16.1. The molecule has 0 atom stereocenters. The maximum Gasteiger partial charge on any atom is 0.172 e. The Morgan fingerprint density at radius 2 is 1.58 bits per heavy atom. The van der Waals surface area contributed by atoms with Crippen molar-refractivity contribution < 1.29 is 9.47 Å². The van der Waals surface area contributed by atoms with Crippen molar-refractivity contribution in [1.82, 2.24) is 14.6 Å². The normalized spacial score (nSPS) is 10.9. The molecule has 2 aromatic carbocycles. The molecule has 5 heteroatoms. The molecule has 0 N–H and O–H groups in total. The molecule has 0 saturated carbocycles. The van der Waals surface area contributed by atoms with Gasteiger partial charge in [0.1, 0.15) is 11.5 Å². The lowest BCUT2D eigenvalue weighted by molar-refractivity contribution is 0.415. The summed E-state index contributed by atoms with van der Waals surface area (Å²) < 4.78 is 12.8. The van der Waals surface area contributed by atoms with Gasteiger partial charge < -0.3 is 9.47 Å². The van der Waals surface area contributed by atoms with Crippen LogP contribution in [0.3, 0.4) is 0 Å². The van der Waals surface area contributed by atoms with Gasteiger partial charge in [-0.1, -0.05) is 23.8 Å². The summed E-state index contributed by atoms with van der Waals surface area (Å²) >= 11 is 0. The van der Waals surface area contributed by atoms with Gasteiger partial charge in [0, 0.05) is 6.20 Å². The Bertz CT molecular complexity index is 1070. The van der Waals surface area contributed by atoms with Crippen LogP contribution in [0.5, 0.6) is 11.5 Å². The van der Waals surface area contributed by atoms with Crippen LogP contribution in [0.25, 0.3) is 28.2 Å². The molecule has 130 valence electrons. The second kappa shape index (κ2) is 6.52. The molecule has 4 aromatic rings. The number of nitrogens with zero attached hydrogens (tertiary/aromatic N) is 3. The van der Waals surface area contributed by atoms with E-state index in [-0.39, 0.29) is 0 Å². The van der Waals surface area contributed by atoms with Crippen LogP contribution in [-0.2, 0) is 0 Å². The maximum absolute atomic E-state index is 5.52. The molecular weight excluding hydrogens is 326 g/mol. The van der Waals surface area contributed by atoms with Crippen LogP contribution in [0.1, 0.15) is 5.56 Å². The molecule has 0 bridgehead atoms. The second-order valence-corrected chi connectivity index (χ2v) is 6.10. The first-order valence-electron chi connectivity index (χ1n) is 8.34. The number of rotatable bonds is 4. The summed E-state index contributed by atoms with van der Waals surface area (Å²) in [7, 11) is 3.33. The van der Waals surface area contributed by atoms with E-state index in [4.69, 9.17) is 9.47 Å². The van der Waals surface area contributed by atoms with Crippen LogP contribution in [0.15, 0.2) is 60.8 Å². The van der Waals surface area contributed by atoms with Crippen molar-refractivity contribution in [3.8, 4) is 34.0 Å². The Morgan fingerprint density at radius 3 is 2.31 bits per heavy atom. The minimum absolute atomic E-state index is 0.760. The van der Waals surface area contributed by atoms with E-state index in [1.807, 2.05) is 59.1 Å². The largest absolute Gasteiger partial charge is 0.497 e. The Balaban J connectivity index is 1.86. The van der Waals surface area contributed by atoms with Crippen LogP contribution >= 0.6 is 0 Å². The van der Waals surface area contributed by atoms with E-state index in [0.29, 0.717) is 0 Å². The zero-order valence-electron chi connectivity index (χ0n) is 14.9. The summed E-state index contributed by atoms with van der Waals surface area (Å²) in [4.78, 5) is 0. The van der Waals surface area contributed by atoms with E-state index in [9.17, 15) is 0 Å². The van der Waals surface area contributed by atoms with Crippen LogP contribution in [-0.4, -0.2) is 28.8 Å². The van der Waals surface area contributed by atoms with Crippen molar-refractivity contribution in [2.24, 2.45) is 0 Å². The average molecular weight is 345 g/mol. The lowest BCUT2D eigenvalue weighted by Crippen LogP contribution is -1.95. The van der Waals surface area contributed by atoms with Crippen LogP contribution in [0, 0.1) is 6.92 Å². The summed E-state index contributed by atoms with van der Waals surface area (Å²) in [5.74, 6) is 2.37. The third-order valence-electron chi connectivity index (χ3n) is 4.42. The minimum atomic E-state index is 0.760. The molecule has 5 nitrogen and oxygen atoms in total. The number of ether oxygens (including phenoxy) is 2. The lowest BCUT2D eigenvalue weighted by atomic mass is 10.1. The van der Waals surface area contributed by atoms with E-state index < -0.39 is 0 Å². The van der Waals surface area contributed by atoms with Gasteiger partial charge in [-0.2, -0.15) is 0 Å². The summed E-state index contributed by atoms with van der Waals surface area (Å²) in [6.45, 7) is 2.05. The van der Waals surface area contributed by atoms with Crippen molar-refractivity contribution >= 4 is 5.65 Å². The first-order valence-corrected chi connectivity index (χ1v) is 8.34. The molecule has 0 amide bonds. The van der Waals surface area contributed by atoms with Crippen LogP contribution in [0.4, 0.5) is 0 Å². The summed E-state index contributed by atoms with van der Waals surface area (Å²) in [5.41, 5.74) is 5.04. The SMILES string of the molecule is COc1ccc(-c2ccc3nnc(-c4cc(C)ccc4OC)n3c2)cc1.